The Hall–Kier alpha value is -1.52. The lowest BCUT2D eigenvalue weighted by molar-refractivity contribution is 0.0777. The average molecular weight is 293 g/mol. The first kappa shape index (κ1) is 12.5. The zero-order valence-corrected chi connectivity index (χ0v) is 11.8. The van der Waals surface area contributed by atoms with Crippen LogP contribution in [0.25, 0.3) is 10.1 Å². The Balaban J connectivity index is 2.02. The minimum Gasteiger partial charge on any atom is -0.397 e. The van der Waals surface area contributed by atoms with E-state index in [1.807, 2.05) is 23.1 Å². The van der Waals surface area contributed by atoms with Crippen molar-refractivity contribution in [1.82, 2.24) is 4.90 Å². The van der Waals surface area contributed by atoms with Crippen LogP contribution in [0.4, 0.5) is 5.69 Å². The Morgan fingerprint density at radius 3 is 2.95 bits per heavy atom. The van der Waals surface area contributed by atoms with Gasteiger partial charge < -0.3 is 10.6 Å². The lowest BCUT2D eigenvalue weighted by Gasteiger charge is -2.22. The molecule has 0 atom stereocenters. The number of hydrogen-bond donors (Lipinski definition) is 1. The van der Waals surface area contributed by atoms with Crippen LogP contribution < -0.4 is 5.73 Å². The first-order valence-electron chi connectivity index (χ1n) is 6.08. The van der Waals surface area contributed by atoms with Gasteiger partial charge >= 0.3 is 0 Å². The van der Waals surface area contributed by atoms with Crippen molar-refractivity contribution in [2.24, 2.45) is 0 Å². The summed E-state index contributed by atoms with van der Waals surface area (Å²) in [6.07, 6.45) is 5.02. The number of anilines is 1. The van der Waals surface area contributed by atoms with Crippen LogP contribution in [0.15, 0.2) is 30.4 Å². The van der Waals surface area contributed by atoms with Crippen LogP contribution in [0.5, 0.6) is 0 Å². The highest BCUT2D eigenvalue weighted by Crippen LogP contribution is 2.36. The van der Waals surface area contributed by atoms with Gasteiger partial charge in [0.05, 0.1) is 5.69 Å². The molecule has 1 aliphatic rings. The molecule has 2 N–H and O–H groups in total. The molecule has 3 rings (SSSR count). The molecule has 1 aromatic carbocycles. The molecule has 2 aromatic rings. The van der Waals surface area contributed by atoms with Crippen molar-refractivity contribution in [3.05, 3.63) is 40.3 Å². The van der Waals surface area contributed by atoms with Crippen LogP contribution in [0, 0.1) is 0 Å². The van der Waals surface area contributed by atoms with E-state index in [0.29, 0.717) is 22.1 Å². The van der Waals surface area contributed by atoms with E-state index in [-0.39, 0.29) is 5.91 Å². The van der Waals surface area contributed by atoms with Gasteiger partial charge in [-0.2, -0.15) is 0 Å². The number of benzene rings is 1. The van der Waals surface area contributed by atoms with E-state index in [4.69, 9.17) is 17.3 Å². The lowest BCUT2D eigenvalue weighted by atomic mass is 10.2. The topological polar surface area (TPSA) is 46.3 Å². The van der Waals surface area contributed by atoms with Crippen molar-refractivity contribution in [3.63, 3.8) is 0 Å². The molecule has 1 aromatic heterocycles. The molecule has 0 spiro atoms. The summed E-state index contributed by atoms with van der Waals surface area (Å²) >= 11 is 7.38. The third-order valence-electron chi connectivity index (χ3n) is 3.23. The van der Waals surface area contributed by atoms with Gasteiger partial charge in [-0.25, -0.2) is 0 Å². The van der Waals surface area contributed by atoms with Gasteiger partial charge in [0.2, 0.25) is 0 Å². The molecule has 0 aliphatic carbocycles. The molecule has 3 nitrogen and oxygen atoms in total. The number of fused-ring (bicyclic) bond motifs is 1. The number of nitrogens with two attached hydrogens (primary N) is 1. The molecular weight excluding hydrogens is 280 g/mol. The predicted molar refractivity (Wildman–Crippen MR) is 80.9 cm³/mol. The third-order valence-corrected chi connectivity index (χ3v) is 4.62. The number of nitrogen functional groups attached to an aromatic ring is 1. The fraction of sp³-hybridized carbons (Fsp3) is 0.214. The Morgan fingerprint density at radius 2 is 2.21 bits per heavy atom. The summed E-state index contributed by atoms with van der Waals surface area (Å²) in [7, 11) is 0. The Bertz CT molecular complexity index is 677. The van der Waals surface area contributed by atoms with Gasteiger partial charge in [0.15, 0.2) is 0 Å². The van der Waals surface area contributed by atoms with Crippen molar-refractivity contribution in [2.75, 3.05) is 18.8 Å². The maximum absolute atomic E-state index is 12.5. The number of amides is 1. The van der Waals surface area contributed by atoms with E-state index < -0.39 is 0 Å². The molecular formula is C14H13ClN2OS. The van der Waals surface area contributed by atoms with Crippen molar-refractivity contribution >= 4 is 44.6 Å². The highest BCUT2D eigenvalue weighted by Gasteiger charge is 2.22. The van der Waals surface area contributed by atoms with Crippen LogP contribution in [0.3, 0.4) is 0 Å². The Labute approximate surface area is 120 Å². The van der Waals surface area contributed by atoms with Crippen LogP contribution in [0.2, 0.25) is 5.02 Å². The summed E-state index contributed by atoms with van der Waals surface area (Å²) in [4.78, 5) is 14.9. The van der Waals surface area contributed by atoms with Crippen LogP contribution in [0.1, 0.15) is 16.1 Å². The second-order valence-electron chi connectivity index (χ2n) is 4.50. The maximum Gasteiger partial charge on any atom is 0.266 e. The molecule has 0 unspecified atom stereocenters. The highest BCUT2D eigenvalue weighted by molar-refractivity contribution is 7.21. The minimum atomic E-state index is 0.0131. The summed E-state index contributed by atoms with van der Waals surface area (Å²) in [6, 6.07) is 5.52. The second kappa shape index (κ2) is 4.87. The quantitative estimate of drug-likeness (QED) is 0.817. The molecule has 1 aliphatic heterocycles. The molecule has 5 heteroatoms. The van der Waals surface area contributed by atoms with Gasteiger partial charge in [0.25, 0.3) is 5.91 Å². The second-order valence-corrected chi connectivity index (χ2v) is 5.99. The number of halogens is 1. The van der Waals surface area contributed by atoms with Gasteiger partial charge in [0, 0.05) is 28.2 Å². The van der Waals surface area contributed by atoms with Crippen LogP contribution in [-0.2, 0) is 0 Å². The molecule has 0 saturated heterocycles. The van der Waals surface area contributed by atoms with E-state index in [1.165, 1.54) is 11.3 Å². The van der Waals surface area contributed by atoms with Crippen molar-refractivity contribution in [1.29, 1.82) is 0 Å². The van der Waals surface area contributed by atoms with Gasteiger partial charge in [-0.05, 0) is 24.6 Å². The van der Waals surface area contributed by atoms with Crippen molar-refractivity contribution in [3.8, 4) is 0 Å². The number of rotatable bonds is 1. The zero-order valence-electron chi connectivity index (χ0n) is 10.2. The summed E-state index contributed by atoms with van der Waals surface area (Å²) < 4.78 is 0.959. The third kappa shape index (κ3) is 2.22. The minimum absolute atomic E-state index is 0.0131. The van der Waals surface area contributed by atoms with Gasteiger partial charge in [-0.1, -0.05) is 23.8 Å². The number of carbonyl (C=O) groups is 1. The monoisotopic (exact) mass is 292 g/mol. The van der Waals surface area contributed by atoms with Crippen LogP contribution >= 0.6 is 22.9 Å². The molecule has 2 heterocycles. The number of carbonyl (C=O) groups excluding carboxylic acids is 1. The molecule has 0 bridgehead atoms. The first-order chi connectivity index (χ1) is 9.16. The Morgan fingerprint density at radius 1 is 1.37 bits per heavy atom. The molecule has 98 valence electrons. The van der Waals surface area contributed by atoms with Gasteiger partial charge in [0.1, 0.15) is 4.88 Å². The number of thiophene rings is 1. The largest absolute Gasteiger partial charge is 0.397 e. The average Bonchev–Trinajstić information content (AvgIpc) is 2.75. The lowest BCUT2D eigenvalue weighted by Crippen LogP contribution is -2.33. The fourth-order valence-corrected chi connectivity index (χ4v) is 3.59. The van der Waals surface area contributed by atoms with Crippen LogP contribution in [-0.4, -0.2) is 23.9 Å². The fourth-order valence-electron chi connectivity index (χ4n) is 2.22. The van der Waals surface area contributed by atoms with E-state index >= 15 is 0 Å². The predicted octanol–water partition coefficient (Wildman–Crippen LogP) is 3.54. The highest BCUT2D eigenvalue weighted by atomic mass is 35.5. The van der Waals surface area contributed by atoms with E-state index in [0.717, 1.165) is 23.1 Å². The van der Waals surface area contributed by atoms with E-state index in [1.54, 1.807) is 6.07 Å². The van der Waals surface area contributed by atoms with Crippen molar-refractivity contribution in [2.45, 2.75) is 6.42 Å². The SMILES string of the molecule is Nc1c(C(=O)N2CC=CCC2)sc2cc(Cl)ccc12. The first-order valence-corrected chi connectivity index (χ1v) is 7.28. The van der Waals surface area contributed by atoms with Gasteiger partial charge in [-0.3, -0.25) is 4.79 Å². The van der Waals surface area contributed by atoms with Crippen molar-refractivity contribution < 1.29 is 4.79 Å². The Kier molecular flexibility index (Phi) is 3.21. The summed E-state index contributed by atoms with van der Waals surface area (Å²) in [5.41, 5.74) is 6.66. The summed E-state index contributed by atoms with van der Waals surface area (Å²) in [5, 5.41) is 1.57. The molecule has 19 heavy (non-hydrogen) atoms. The number of nitrogens with zero attached hydrogens (tertiary/aromatic N) is 1. The smallest absolute Gasteiger partial charge is 0.266 e. The molecule has 0 radical (unpaired) electrons. The maximum atomic E-state index is 12.5. The number of hydrogen-bond acceptors (Lipinski definition) is 3. The van der Waals surface area contributed by atoms with E-state index in [2.05, 4.69) is 6.08 Å². The van der Waals surface area contributed by atoms with E-state index in [9.17, 15) is 4.79 Å². The summed E-state index contributed by atoms with van der Waals surface area (Å²) in [6.45, 7) is 1.41. The normalized spacial score (nSPS) is 15.1. The zero-order chi connectivity index (χ0) is 13.4. The molecule has 0 saturated carbocycles. The standard InChI is InChI=1S/C14H13ClN2OS/c15-9-4-5-10-11(8-9)19-13(12(10)16)14(18)17-6-2-1-3-7-17/h1-2,4-5,8H,3,6-7,16H2. The summed E-state index contributed by atoms with van der Waals surface area (Å²) in [5.74, 6) is 0.0131. The molecule has 1 amide bonds. The molecule has 0 fully saturated rings. The van der Waals surface area contributed by atoms with Gasteiger partial charge in [-0.15, -0.1) is 11.3 Å².